The molecule has 0 aliphatic heterocycles. The lowest BCUT2D eigenvalue weighted by Gasteiger charge is -2.28. The van der Waals surface area contributed by atoms with Gasteiger partial charge >= 0.3 is 6.09 Å². The molecular weight excluding hydrogens is 671 g/mol. The van der Waals surface area contributed by atoms with E-state index in [1.807, 2.05) is 51.1 Å². The molecule has 5 amide bonds. The Bertz CT molecular complexity index is 1420. The topological polar surface area (TPSA) is 155 Å². The summed E-state index contributed by atoms with van der Waals surface area (Å²) in [6.45, 7) is 14.6. The number of ether oxygens (including phenoxy) is 2. The van der Waals surface area contributed by atoms with Crippen LogP contribution in [-0.4, -0.2) is 95.6 Å². The molecular formula is C38H57N5O7S. The van der Waals surface area contributed by atoms with Gasteiger partial charge in [-0.2, -0.15) is 11.8 Å². The number of thioether (sulfide) groups is 1. The van der Waals surface area contributed by atoms with Crippen molar-refractivity contribution >= 4 is 41.5 Å². The Hall–Kier alpha value is -4.26. The minimum absolute atomic E-state index is 0.112. The molecule has 0 aromatic heterocycles. The maximum absolute atomic E-state index is 13.4. The first-order chi connectivity index (χ1) is 23.9. The molecule has 282 valence electrons. The number of benzene rings is 2. The van der Waals surface area contributed by atoms with Gasteiger partial charge in [-0.25, -0.2) is 4.79 Å². The summed E-state index contributed by atoms with van der Waals surface area (Å²) in [6, 6.07) is 13.7. The second-order valence-corrected chi connectivity index (χ2v) is 15.5. The number of carbonyl (C=O) groups is 5. The van der Waals surface area contributed by atoms with E-state index >= 15 is 0 Å². The lowest BCUT2D eigenvalue weighted by Crippen LogP contribution is -2.55. The fraction of sp³-hybridized carbons (Fsp3) is 0.553. The third kappa shape index (κ3) is 17.0. The second kappa shape index (κ2) is 20.6. The maximum atomic E-state index is 13.4. The van der Waals surface area contributed by atoms with Gasteiger partial charge in [0.15, 0.2) is 0 Å². The van der Waals surface area contributed by atoms with E-state index in [1.54, 1.807) is 56.8 Å². The lowest BCUT2D eigenvalue weighted by atomic mass is 10.0. The minimum Gasteiger partial charge on any atom is -0.488 e. The molecule has 0 unspecified atom stereocenters. The van der Waals surface area contributed by atoms with Crippen LogP contribution >= 0.6 is 11.8 Å². The van der Waals surface area contributed by atoms with E-state index < -0.39 is 47.5 Å². The zero-order valence-corrected chi connectivity index (χ0v) is 32.4. The molecule has 0 aliphatic rings. The Morgan fingerprint density at radius 1 is 0.765 bits per heavy atom. The molecule has 51 heavy (non-hydrogen) atoms. The highest BCUT2D eigenvalue weighted by molar-refractivity contribution is 7.99. The Morgan fingerprint density at radius 2 is 1.39 bits per heavy atom. The Morgan fingerprint density at radius 3 is 1.98 bits per heavy atom. The number of rotatable bonds is 18. The first-order valence-electron chi connectivity index (χ1n) is 17.4. The van der Waals surface area contributed by atoms with E-state index in [9.17, 15) is 24.0 Å². The molecule has 13 heteroatoms. The molecule has 4 N–H and O–H groups in total. The molecule has 12 nitrogen and oxygen atoms in total. The largest absolute Gasteiger partial charge is 0.488 e. The first-order valence-corrected chi connectivity index (χ1v) is 18.5. The smallest absolute Gasteiger partial charge is 0.408 e. The Labute approximate surface area is 307 Å². The van der Waals surface area contributed by atoms with Crippen molar-refractivity contribution in [3.8, 4) is 5.75 Å². The van der Waals surface area contributed by atoms with Gasteiger partial charge in [0.1, 0.15) is 35.1 Å². The standard InChI is InChI=1S/C38H57N5O7S/c1-10-21-51-22-20-39-35(47)31(24-27-14-12-11-13-15-27)43(9)32(44)25-40-33(45)26(2)41-34(46)30(42-36(48)50-38(6,7)8)23-28-16-18-29(19-17-28)49-37(3,4)5/h11-19,26,30-31H,10,20-25H2,1-9H3,(H,39,47)(H,40,45)(H,41,46)(H,42,48)/t26-,30+,31+/m1/s1. The van der Waals surface area contributed by atoms with E-state index in [0.29, 0.717) is 18.7 Å². The van der Waals surface area contributed by atoms with E-state index in [2.05, 4.69) is 28.2 Å². The molecule has 0 heterocycles. The molecule has 2 aromatic carbocycles. The molecule has 3 atom stereocenters. The van der Waals surface area contributed by atoms with Gasteiger partial charge in [-0.1, -0.05) is 49.4 Å². The normalized spacial score (nSPS) is 13.2. The summed E-state index contributed by atoms with van der Waals surface area (Å²) in [7, 11) is 1.54. The minimum atomic E-state index is -1.07. The van der Waals surface area contributed by atoms with Crippen LogP contribution in [0.5, 0.6) is 5.75 Å². The summed E-state index contributed by atoms with van der Waals surface area (Å²) in [5, 5.41) is 10.8. The quantitative estimate of drug-likeness (QED) is 0.166. The molecule has 0 bridgehead atoms. The van der Waals surface area contributed by atoms with Gasteiger partial charge in [-0.05, 0) is 83.9 Å². The zero-order chi connectivity index (χ0) is 38.2. The molecule has 0 fully saturated rings. The molecule has 0 saturated heterocycles. The average Bonchev–Trinajstić information content (AvgIpc) is 3.04. The zero-order valence-electron chi connectivity index (χ0n) is 31.6. The number of hydrogen-bond donors (Lipinski definition) is 4. The number of amides is 5. The lowest BCUT2D eigenvalue weighted by molar-refractivity contribution is -0.139. The summed E-state index contributed by atoms with van der Waals surface area (Å²) in [6.07, 6.45) is 0.679. The highest BCUT2D eigenvalue weighted by Crippen LogP contribution is 2.19. The van der Waals surface area contributed by atoms with Crippen molar-refractivity contribution in [1.82, 2.24) is 26.2 Å². The predicted molar refractivity (Wildman–Crippen MR) is 202 cm³/mol. The number of alkyl carbamates (subject to hydrolysis) is 1. The van der Waals surface area contributed by atoms with Crippen LogP contribution in [-0.2, 0) is 36.8 Å². The fourth-order valence-electron chi connectivity index (χ4n) is 4.79. The summed E-state index contributed by atoms with van der Waals surface area (Å²) < 4.78 is 11.3. The van der Waals surface area contributed by atoms with Crippen LogP contribution in [0, 0.1) is 0 Å². The monoisotopic (exact) mass is 727 g/mol. The maximum Gasteiger partial charge on any atom is 0.408 e. The van der Waals surface area contributed by atoms with Crippen LogP contribution in [0.25, 0.3) is 0 Å². The van der Waals surface area contributed by atoms with Gasteiger partial charge < -0.3 is 35.6 Å². The summed E-state index contributed by atoms with van der Waals surface area (Å²) >= 11 is 1.75. The summed E-state index contributed by atoms with van der Waals surface area (Å²) in [4.78, 5) is 67.0. The van der Waals surface area contributed by atoms with Crippen LogP contribution in [0.3, 0.4) is 0 Å². The van der Waals surface area contributed by atoms with Crippen molar-refractivity contribution < 1.29 is 33.4 Å². The first kappa shape index (κ1) is 42.9. The van der Waals surface area contributed by atoms with E-state index in [0.717, 1.165) is 29.1 Å². The SMILES string of the molecule is CCCSCCNC(=O)[C@H](Cc1ccccc1)N(C)C(=O)CNC(=O)[C@@H](C)NC(=O)[C@H](Cc1ccc(OC(C)(C)C)cc1)NC(=O)OC(C)(C)C. The Balaban J connectivity index is 2.07. The molecule has 0 aliphatic carbocycles. The number of nitrogens with one attached hydrogen (secondary N) is 4. The van der Waals surface area contributed by atoms with E-state index in [1.165, 1.54) is 18.9 Å². The van der Waals surface area contributed by atoms with Gasteiger partial charge in [-0.15, -0.1) is 0 Å². The molecule has 2 aromatic rings. The molecule has 2 rings (SSSR count). The second-order valence-electron chi connectivity index (χ2n) is 14.3. The van der Waals surface area contributed by atoms with Crippen molar-refractivity contribution in [2.24, 2.45) is 0 Å². The van der Waals surface area contributed by atoms with E-state index in [-0.39, 0.29) is 24.5 Å². The van der Waals surface area contributed by atoms with Gasteiger partial charge in [0, 0.05) is 32.2 Å². The van der Waals surface area contributed by atoms with Gasteiger partial charge in [0.05, 0.1) is 6.54 Å². The fourth-order valence-corrected chi connectivity index (χ4v) is 5.53. The average molecular weight is 728 g/mol. The third-order valence-electron chi connectivity index (χ3n) is 7.29. The van der Waals surface area contributed by atoms with Crippen LogP contribution < -0.4 is 26.0 Å². The van der Waals surface area contributed by atoms with Crippen molar-refractivity contribution in [3.63, 3.8) is 0 Å². The van der Waals surface area contributed by atoms with Crippen molar-refractivity contribution in [1.29, 1.82) is 0 Å². The highest BCUT2D eigenvalue weighted by Gasteiger charge is 2.30. The number of hydrogen-bond acceptors (Lipinski definition) is 8. The summed E-state index contributed by atoms with van der Waals surface area (Å²) in [5.41, 5.74) is 0.455. The predicted octanol–water partition coefficient (Wildman–Crippen LogP) is 4.25. The number of likely N-dealkylation sites (N-methyl/N-ethyl adjacent to an activating group) is 1. The Kier molecular flexibility index (Phi) is 17.3. The van der Waals surface area contributed by atoms with Crippen molar-refractivity contribution in [2.45, 2.75) is 104 Å². The van der Waals surface area contributed by atoms with E-state index in [4.69, 9.17) is 9.47 Å². The van der Waals surface area contributed by atoms with Crippen molar-refractivity contribution in [2.75, 3.05) is 31.6 Å². The van der Waals surface area contributed by atoms with Crippen LogP contribution in [0.15, 0.2) is 54.6 Å². The highest BCUT2D eigenvalue weighted by atomic mass is 32.2. The molecule has 0 radical (unpaired) electrons. The van der Waals surface area contributed by atoms with Crippen LogP contribution in [0.2, 0.25) is 0 Å². The third-order valence-corrected chi connectivity index (χ3v) is 8.48. The molecule has 0 spiro atoms. The van der Waals surface area contributed by atoms with Gasteiger partial charge in [-0.3, -0.25) is 19.2 Å². The van der Waals surface area contributed by atoms with Crippen LogP contribution in [0.4, 0.5) is 4.79 Å². The van der Waals surface area contributed by atoms with Crippen molar-refractivity contribution in [3.05, 3.63) is 65.7 Å². The van der Waals surface area contributed by atoms with Crippen LogP contribution in [0.1, 0.15) is 72.9 Å². The number of nitrogens with zero attached hydrogens (tertiary/aromatic N) is 1. The molecule has 0 saturated carbocycles. The van der Waals surface area contributed by atoms with Gasteiger partial charge in [0.25, 0.3) is 0 Å². The number of carbonyl (C=O) groups excluding carboxylic acids is 5. The summed E-state index contributed by atoms with van der Waals surface area (Å²) in [5.74, 6) is 0.456. The van der Waals surface area contributed by atoms with Gasteiger partial charge in [0.2, 0.25) is 23.6 Å².